The second kappa shape index (κ2) is 5.10. The fourth-order valence-corrected chi connectivity index (χ4v) is 2.38. The number of amidine groups is 1. The van der Waals surface area contributed by atoms with Gasteiger partial charge in [0.25, 0.3) is 0 Å². The fourth-order valence-electron chi connectivity index (χ4n) is 2.38. The summed E-state index contributed by atoms with van der Waals surface area (Å²) in [6.45, 7) is 3.97. The molecule has 1 saturated heterocycles. The Hall–Kier alpha value is -2.12. The Morgan fingerprint density at radius 2 is 2.05 bits per heavy atom. The molecule has 0 bridgehead atoms. The van der Waals surface area contributed by atoms with Crippen molar-refractivity contribution < 1.29 is 0 Å². The first-order valence-corrected chi connectivity index (χ1v) is 6.68. The highest BCUT2D eigenvalue weighted by molar-refractivity contribution is 5.92. The highest BCUT2D eigenvalue weighted by Crippen LogP contribution is 2.20. The third kappa shape index (κ3) is 2.45. The summed E-state index contributed by atoms with van der Waals surface area (Å²) in [5.74, 6) is -0.694. The van der Waals surface area contributed by atoms with Crippen LogP contribution in [-0.2, 0) is 5.79 Å². The SMILES string of the molecule is NC1=NC(N)(c2ccc(N3CCNCC3)cn2)NC=C1. The highest BCUT2D eigenvalue weighted by Gasteiger charge is 2.29. The van der Waals surface area contributed by atoms with E-state index in [-0.39, 0.29) is 0 Å². The van der Waals surface area contributed by atoms with E-state index in [1.807, 2.05) is 18.3 Å². The number of piperazine rings is 1. The first-order chi connectivity index (χ1) is 9.67. The number of rotatable bonds is 2. The lowest BCUT2D eigenvalue weighted by atomic mass is 10.2. The maximum atomic E-state index is 6.18. The van der Waals surface area contributed by atoms with Crippen LogP contribution in [0.2, 0.25) is 0 Å². The molecule has 1 unspecified atom stereocenters. The molecule has 20 heavy (non-hydrogen) atoms. The van der Waals surface area contributed by atoms with E-state index in [0.29, 0.717) is 11.5 Å². The van der Waals surface area contributed by atoms with Crippen LogP contribution in [0, 0.1) is 0 Å². The minimum atomic E-state index is -1.08. The minimum Gasteiger partial charge on any atom is -0.384 e. The summed E-state index contributed by atoms with van der Waals surface area (Å²) in [6.07, 6.45) is 5.19. The zero-order valence-corrected chi connectivity index (χ0v) is 11.2. The first kappa shape index (κ1) is 12.9. The predicted molar refractivity (Wildman–Crippen MR) is 79.1 cm³/mol. The summed E-state index contributed by atoms with van der Waals surface area (Å²) >= 11 is 0. The molecule has 0 spiro atoms. The molecule has 0 amide bonds. The maximum Gasteiger partial charge on any atom is 0.228 e. The summed E-state index contributed by atoms with van der Waals surface area (Å²) in [4.78, 5) is 10.9. The number of nitrogens with one attached hydrogen (secondary N) is 2. The van der Waals surface area contributed by atoms with Crippen molar-refractivity contribution in [1.29, 1.82) is 0 Å². The Morgan fingerprint density at radius 3 is 2.70 bits per heavy atom. The zero-order valence-electron chi connectivity index (χ0n) is 11.2. The lowest BCUT2D eigenvalue weighted by Crippen LogP contribution is -2.50. The summed E-state index contributed by atoms with van der Waals surface area (Å²) < 4.78 is 0. The van der Waals surface area contributed by atoms with Crippen LogP contribution in [-0.4, -0.2) is 37.0 Å². The Balaban J connectivity index is 1.80. The Labute approximate surface area is 117 Å². The molecule has 1 atom stereocenters. The Morgan fingerprint density at radius 1 is 1.25 bits per heavy atom. The number of nitrogens with two attached hydrogens (primary N) is 2. The average Bonchev–Trinajstić information content (AvgIpc) is 2.48. The molecule has 0 aromatic carbocycles. The highest BCUT2D eigenvalue weighted by atomic mass is 15.3. The van der Waals surface area contributed by atoms with Gasteiger partial charge in [-0.3, -0.25) is 10.7 Å². The van der Waals surface area contributed by atoms with Crippen molar-refractivity contribution in [1.82, 2.24) is 15.6 Å². The van der Waals surface area contributed by atoms with Crippen molar-refractivity contribution in [3.8, 4) is 0 Å². The van der Waals surface area contributed by atoms with Crippen LogP contribution in [0.25, 0.3) is 0 Å². The summed E-state index contributed by atoms with van der Waals surface area (Å²) in [7, 11) is 0. The quantitative estimate of drug-likeness (QED) is 0.553. The van der Waals surface area contributed by atoms with Gasteiger partial charge in [0.2, 0.25) is 5.79 Å². The number of pyridine rings is 1. The molecular weight excluding hydrogens is 254 g/mol. The number of anilines is 1. The predicted octanol–water partition coefficient (Wildman–Crippen LogP) is -0.966. The van der Waals surface area contributed by atoms with Crippen LogP contribution >= 0.6 is 0 Å². The van der Waals surface area contributed by atoms with Crippen molar-refractivity contribution in [3.05, 3.63) is 36.3 Å². The number of hydrogen-bond acceptors (Lipinski definition) is 7. The van der Waals surface area contributed by atoms with E-state index in [9.17, 15) is 0 Å². The van der Waals surface area contributed by atoms with Crippen molar-refractivity contribution in [2.75, 3.05) is 31.1 Å². The van der Waals surface area contributed by atoms with E-state index in [4.69, 9.17) is 11.5 Å². The van der Waals surface area contributed by atoms with Gasteiger partial charge in [-0.2, -0.15) is 0 Å². The zero-order chi connectivity index (χ0) is 14.0. The fraction of sp³-hybridized carbons (Fsp3) is 0.385. The molecule has 6 N–H and O–H groups in total. The van der Waals surface area contributed by atoms with Crippen LogP contribution in [0.4, 0.5) is 5.69 Å². The van der Waals surface area contributed by atoms with Gasteiger partial charge in [0.05, 0.1) is 11.9 Å². The third-order valence-corrected chi connectivity index (χ3v) is 3.48. The smallest absolute Gasteiger partial charge is 0.228 e. The molecule has 1 fully saturated rings. The number of aromatic nitrogens is 1. The normalized spacial score (nSPS) is 26.1. The van der Waals surface area contributed by atoms with Crippen molar-refractivity contribution >= 4 is 11.5 Å². The van der Waals surface area contributed by atoms with Gasteiger partial charge in [-0.25, -0.2) is 4.99 Å². The summed E-state index contributed by atoms with van der Waals surface area (Å²) in [6, 6.07) is 3.91. The van der Waals surface area contributed by atoms with Crippen molar-refractivity contribution in [2.24, 2.45) is 16.5 Å². The van der Waals surface area contributed by atoms with Crippen LogP contribution in [0.3, 0.4) is 0 Å². The maximum absolute atomic E-state index is 6.18. The number of nitrogens with zero attached hydrogens (tertiary/aromatic N) is 3. The molecule has 2 aliphatic rings. The van der Waals surface area contributed by atoms with Gasteiger partial charge >= 0.3 is 0 Å². The van der Waals surface area contributed by atoms with Crippen LogP contribution < -0.4 is 27.0 Å². The molecular formula is C13H19N7. The second-order valence-electron chi connectivity index (χ2n) is 4.92. The molecule has 0 saturated carbocycles. The molecule has 3 heterocycles. The van der Waals surface area contributed by atoms with Gasteiger partial charge in [-0.15, -0.1) is 0 Å². The van der Waals surface area contributed by atoms with Crippen LogP contribution in [0.15, 0.2) is 35.6 Å². The van der Waals surface area contributed by atoms with E-state index >= 15 is 0 Å². The molecule has 0 aliphatic carbocycles. The van der Waals surface area contributed by atoms with Gasteiger partial charge in [-0.05, 0) is 18.2 Å². The first-order valence-electron chi connectivity index (χ1n) is 6.68. The van der Waals surface area contributed by atoms with Gasteiger partial charge in [0, 0.05) is 32.4 Å². The third-order valence-electron chi connectivity index (χ3n) is 3.48. The minimum absolute atomic E-state index is 0.388. The van der Waals surface area contributed by atoms with Gasteiger partial charge in [0.15, 0.2) is 0 Å². The molecule has 7 heteroatoms. The molecule has 1 aromatic heterocycles. The molecule has 3 rings (SSSR count). The number of hydrogen-bond donors (Lipinski definition) is 4. The van der Waals surface area contributed by atoms with Crippen molar-refractivity contribution in [2.45, 2.75) is 5.79 Å². The topological polar surface area (TPSA) is 105 Å². The van der Waals surface area contributed by atoms with E-state index < -0.39 is 5.79 Å². The molecule has 0 radical (unpaired) electrons. The Bertz CT molecular complexity index is 530. The van der Waals surface area contributed by atoms with E-state index in [0.717, 1.165) is 31.9 Å². The molecule has 106 valence electrons. The average molecular weight is 273 g/mol. The van der Waals surface area contributed by atoms with Gasteiger partial charge in [0.1, 0.15) is 11.5 Å². The van der Waals surface area contributed by atoms with Crippen LogP contribution in [0.1, 0.15) is 5.69 Å². The van der Waals surface area contributed by atoms with Gasteiger partial charge < -0.3 is 21.3 Å². The molecule has 2 aliphatic heterocycles. The Kier molecular flexibility index (Phi) is 3.29. The summed E-state index contributed by atoms with van der Waals surface area (Å²) in [5.41, 5.74) is 13.6. The number of aliphatic imine (C=N–C) groups is 1. The van der Waals surface area contributed by atoms with Crippen LogP contribution in [0.5, 0.6) is 0 Å². The molecule has 7 nitrogen and oxygen atoms in total. The van der Waals surface area contributed by atoms with E-state index in [1.165, 1.54) is 0 Å². The molecule has 1 aromatic rings. The van der Waals surface area contributed by atoms with Crippen molar-refractivity contribution in [3.63, 3.8) is 0 Å². The lowest BCUT2D eigenvalue weighted by molar-refractivity contribution is 0.397. The monoisotopic (exact) mass is 273 g/mol. The second-order valence-corrected chi connectivity index (χ2v) is 4.92. The van der Waals surface area contributed by atoms with E-state index in [1.54, 1.807) is 12.3 Å². The standard InChI is InChI=1S/C13H19N7/c14-12-3-4-18-13(15,19-12)11-2-1-10(9-17-11)20-7-5-16-6-8-20/h1-4,9,16,18H,5-8,15H2,(H2,14,19). The lowest BCUT2D eigenvalue weighted by Gasteiger charge is -2.31. The summed E-state index contributed by atoms with van der Waals surface area (Å²) in [5, 5.41) is 6.31. The van der Waals surface area contributed by atoms with E-state index in [2.05, 4.69) is 25.5 Å². The van der Waals surface area contributed by atoms with Gasteiger partial charge in [-0.1, -0.05) is 0 Å². The largest absolute Gasteiger partial charge is 0.384 e.